The summed E-state index contributed by atoms with van der Waals surface area (Å²) in [6.07, 6.45) is 3.35. The number of hydrogen-bond acceptors (Lipinski definition) is 6. The van der Waals surface area contributed by atoms with Gasteiger partial charge in [-0.3, -0.25) is 0 Å². The Balaban J connectivity index is 2.61. The summed E-state index contributed by atoms with van der Waals surface area (Å²) >= 11 is 1.50. The van der Waals surface area contributed by atoms with Crippen LogP contribution < -0.4 is 5.32 Å². The van der Waals surface area contributed by atoms with Crippen LogP contribution in [-0.2, 0) is 0 Å². The molecule has 2 N–H and O–H groups in total. The average molecular weight is 459 g/mol. The van der Waals surface area contributed by atoms with Gasteiger partial charge in [0.2, 0.25) is 0 Å². The third-order valence-electron chi connectivity index (χ3n) is 6.27. The molecule has 0 aliphatic carbocycles. The number of aliphatic hydroxyl groups excluding tert-OH is 1. The number of pyridine rings is 1. The van der Waals surface area contributed by atoms with Gasteiger partial charge < -0.3 is 10.4 Å². The van der Waals surface area contributed by atoms with Gasteiger partial charge in [0, 0.05) is 18.3 Å². The summed E-state index contributed by atoms with van der Waals surface area (Å²) in [5, 5.41) is 15.0. The van der Waals surface area contributed by atoms with Crippen LogP contribution in [0.15, 0.2) is 17.4 Å². The molecule has 31 heavy (non-hydrogen) atoms. The van der Waals surface area contributed by atoms with Crippen molar-refractivity contribution in [2.45, 2.75) is 83.3 Å². The first-order valence-corrected chi connectivity index (χ1v) is 14.6. The summed E-state index contributed by atoms with van der Waals surface area (Å²) < 4.78 is 0. The van der Waals surface area contributed by atoms with Crippen molar-refractivity contribution in [3.05, 3.63) is 17.8 Å². The fourth-order valence-electron chi connectivity index (χ4n) is 4.34. The number of fused-ring (bicyclic) bond motifs is 1. The highest BCUT2D eigenvalue weighted by atomic mass is 32.2. The number of hydrogen-bond donors (Lipinski definition) is 2. The number of aromatic nitrogens is 3. The molecule has 2 rings (SSSR count). The first kappa shape index (κ1) is 25.6. The van der Waals surface area contributed by atoms with Crippen molar-refractivity contribution in [2.24, 2.45) is 5.92 Å². The van der Waals surface area contributed by atoms with Gasteiger partial charge in [0.05, 0.1) is 11.5 Å². The number of rotatable bonds is 8. The van der Waals surface area contributed by atoms with Crippen LogP contribution in [0.2, 0.25) is 16.6 Å². The summed E-state index contributed by atoms with van der Waals surface area (Å²) in [5.74, 6) is 4.40. The molecule has 0 saturated heterocycles. The number of anilines is 1. The molecule has 0 aromatic carbocycles. The summed E-state index contributed by atoms with van der Waals surface area (Å²) in [6.45, 7) is 18.4. The number of nitrogens with zero attached hydrogens (tertiary/aromatic N) is 3. The van der Waals surface area contributed by atoms with Crippen molar-refractivity contribution in [3.8, 4) is 11.5 Å². The molecule has 0 bridgehead atoms. The predicted molar refractivity (Wildman–Crippen MR) is 136 cm³/mol. The van der Waals surface area contributed by atoms with Crippen LogP contribution in [0.1, 0.15) is 61.0 Å². The molecule has 7 heteroatoms. The Kier molecular flexibility index (Phi) is 8.93. The summed E-state index contributed by atoms with van der Waals surface area (Å²) in [5.41, 5.74) is 7.02. The number of nitrogens with one attached hydrogen (secondary N) is 1. The van der Waals surface area contributed by atoms with Crippen LogP contribution in [0.3, 0.4) is 0 Å². The van der Waals surface area contributed by atoms with Crippen molar-refractivity contribution in [1.82, 2.24) is 15.0 Å². The number of aliphatic hydroxyl groups is 1. The molecule has 2 aromatic heterocycles. The van der Waals surface area contributed by atoms with Gasteiger partial charge in [-0.25, -0.2) is 15.0 Å². The molecule has 0 spiro atoms. The highest BCUT2D eigenvalue weighted by Gasteiger charge is 2.41. The van der Waals surface area contributed by atoms with Gasteiger partial charge in [-0.15, -0.1) is 5.54 Å². The zero-order valence-corrected chi connectivity index (χ0v) is 22.3. The molecule has 1 atom stereocenters. The van der Waals surface area contributed by atoms with E-state index in [1.807, 2.05) is 32.4 Å². The van der Waals surface area contributed by atoms with Crippen molar-refractivity contribution < 1.29 is 5.11 Å². The Morgan fingerprint density at radius 3 is 2.16 bits per heavy atom. The zero-order valence-electron chi connectivity index (χ0n) is 20.4. The summed E-state index contributed by atoms with van der Waals surface area (Å²) in [7, 11) is -1.87. The van der Waals surface area contributed by atoms with Gasteiger partial charge in [0.25, 0.3) is 0 Å². The Bertz CT molecular complexity index is 928. The van der Waals surface area contributed by atoms with E-state index in [4.69, 9.17) is 0 Å². The average Bonchev–Trinajstić information content (AvgIpc) is 2.70. The Morgan fingerprint density at radius 2 is 1.65 bits per heavy atom. The van der Waals surface area contributed by atoms with Gasteiger partial charge in [-0.1, -0.05) is 73.1 Å². The molecule has 1 unspecified atom stereocenters. The molecule has 0 aliphatic rings. The van der Waals surface area contributed by atoms with Crippen molar-refractivity contribution in [2.75, 3.05) is 18.1 Å². The second kappa shape index (κ2) is 10.8. The minimum atomic E-state index is -1.87. The van der Waals surface area contributed by atoms with Crippen LogP contribution in [0.5, 0.6) is 0 Å². The highest BCUT2D eigenvalue weighted by molar-refractivity contribution is 7.98. The van der Waals surface area contributed by atoms with E-state index in [2.05, 4.69) is 73.3 Å². The van der Waals surface area contributed by atoms with E-state index in [-0.39, 0.29) is 5.92 Å². The molecule has 2 heterocycles. The van der Waals surface area contributed by atoms with Gasteiger partial charge in [-0.2, -0.15) is 0 Å². The molecule has 2 aromatic rings. The second-order valence-corrected chi connectivity index (χ2v) is 15.8. The maximum Gasteiger partial charge on any atom is 0.189 e. The lowest BCUT2D eigenvalue weighted by atomic mass is 10.1. The van der Waals surface area contributed by atoms with Crippen LogP contribution in [-0.4, -0.2) is 47.0 Å². The van der Waals surface area contributed by atoms with Crippen molar-refractivity contribution >= 4 is 36.7 Å². The SMILES string of the molecule is CSc1ncc2c(C#C[Si](C(C)C)(C(C)C)C(C)C)cc(NCC(O)C(C)C)nc2n1. The smallest absolute Gasteiger partial charge is 0.189 e. The van der Waals surface area contributed by atoms with Crippen molar-refractivity contribution in [3.63, 3.8) is 0 Å². The van der Waals surface area contributed by atoms with Crippen LogP contribution in [0, 0.1) is 17.4 Å². The zero-order chi connectivity index (χ0) is 23.3. The lowest BCUT2D eigenvalue weighted by Crippen LogP contribution is -2.43. The molecular formula is C24H38N4OSSi. The van der Waals surface area contributed by atoms with Crippen LogP contribution in [0.25, 0.3) is 11.0 Å². The third kappa shape index (κ3) is 5.79. The lowest BCUT2D eigenvalue weighted by molar-refractivity contribution is 0.138. The fraction of sp³-hybridized carbons (Fsp3) is 0.625. The molecule has 0 amide bonds. The maximum absolute atomic E-state index is 10.2. The van der Waals surface area contributed by atoms with Crippen LogP contribution in [0.4, 0.5) is 5.82 Å². The van der Waals surface area contributed by atoms with Crippen molar-refractivity contribution in [1.29, 1.82) is 0 Å². The third-order valence-corrected chi connectivity index (χ3v) is 13.1. The topological polar surface area (TPSA) is 70.9 Å². The van der Waals surface area contributed by atoms with E-state index in [0.717, 1.165) is 10.9 Å². The predicted octanol–water partition coefficient (Wildman–Crippen LogP) is 5.75. The van der Waals surface area contributed by atoms with Gasteiger partial charge in [0.15, 0.2) is 10.8 Å². The van der Waals surface area contributed by atoms with Gasteiger partial charge in [-0.05, 0) is 34.9 Å². The van der Waals surface area contributed by atoms with E-state index in [1.54, 1.807) is 0 Å². The minimum absolute atomic E-state index is 0.173. The molecule has 0 aliphatic heterocycles. The Labute approximate surface area is 193 Å². The molecule has 170 valence electrons. The van der Waals surface area contributed by atoms with E-state index in [1.165, 1.54) is 11.8 Å². The number of thioether (sulfide) groups is 1. The van der Waals surface area contributed by atoms with E-state index < -0.39 is 14.2 Å². The fourth-order valence-corrected chi connectivity index (χ4v) is 9.89. The monoisotopic (exact) mass is 458 g/mol. The van der Waals surface area contributed by atoms with Crippen LogP contribution >= 0.6 is 11.8 Å². The maximum atomic E-state index is 10.2. The molecule has 0 fully saturated rings. The summed E-state index contributed by atoms with van der Waals surface area (Å²) in [6, 6.07) is 1.98. The first-order valence-electron chi connectivity index (χ1n) is 11.2. The lowest BCUT2D eigenvalue weighted by Gasteiger charge is -2.38. The van der Waals surface area contributed by atoms with E-state index in [0.29, 0.717) is 39.8 Å². The molecule has 0 radical (unpaired) electrons. The minimum Gasteiger partial charge on any atom is -0.391 e. The quantitative estimate of drug-likeness (QED) is 0.227. The van der Waals surface area contributed by atoms with E-state index in [9.17, 15) is 5.11 Å². The van der Waals surface area contributed by atoms with Gasteiger partial charge in [0.1, 0.15) is 13.9 Å². The molecule has 0 saturated carbocycles. The molecular weight excluding hydrogens is 420 g/mol. The normalized spacial score (nSPS) is 13.2. The Hall–Kier alpha value is -1.62. The Morgan fingerprint density at radius 1 is 1.03 bits per heavy atom. The van der Waals surface area contributed by atoms with E-state index >= 15 is 0 Å². The first-order chi connectivity index (χ1) is 14.5. The van der Waals surface area contributed by atoms with Gasteiger partial charge >= 0.3 is 0 Å². The standard InChI is InChI=1S/C24H38N4OSSi/c1-15(2)21(29)14-25-22-12-19(20-13-26-24(30-9)28-23(20)27-22)10-11-31(16(3)4,17(5)6)18(7)8/h12-13,15-18,21,29H,14H2,1-9H3,(H,25,26,27,28). The second-order valence-electron chi connectivity index (χ2n) is 9.49. The summed E-state index contributed by atoms with van der Waals surface area (Å²) in [4.78, 5) is 13.7. The molecule has 5 nitrogen and oxygen atoms in total. The largest absolute Gasteiger partial charge is 0.391 e. The highest BCUT2D eigenvalue weighted by Crippen LogP contribution is 2.40.